The van der Waals surface area contributed by atoms with Crippen molar-refractivity contribution in [2.24, 2.45) is 5.92 Å². The lowest BCUT2D eigenvalue weighted by Gasteiger charge is -2.36. The van der Waals surface area contributed by atoms with Crippen molar-refractivity contribution in [1.29, 1.82) is 0 Å². The van der Waals surface area contributed by atoms with Crippen LogP contribution in [0, 0.1) is 5.92 Å². The maximum Gasteiger partial charge on any atom is 0.408 e. The van der Waals surface area contributed by atoms with Gasteiger partial charge in [-0.25, -0.2) is 4.79 Å². The van der Waals surface area contributed by atoms with Crippen LogP contribution in [0.2, 0.25) is 0 Å². The summed E-state index contributed by atoms with van der Waals surface area (Å²) in [6.07, 6.45) is 5.36. The Hall–Kier alpha value is -3.81. The van der Waals surface area contributed by atoms with Crippen LogP contribution >= 0.6 is 0 Å². The summed E-state index contributed by atoms with van der Waals surface area (Å²) in [6.45, 7) is 15.6. The molecule has 8 nitrogen and oxygen atoms in total. The minimum Gasteiger partial charge on any atom is -0.497 e. The Kier molecular flexibility index (Phi) is 13.6. The zero-order chi connectivity index (χ0) is 31.3. The van der Waals surface area contributed by atoms with E-state index in [1.165, 1.54) is 0 Å². The molecule has 0 fully saturated rings. The molecule has 2 N–H and O–H groups in total. The first-order valence-corrected chi connectivity index (χ1v) is 14.9. The average molecular weight is 580 g/mol. The lowest BCUT2D eigenvalue weighted by molar-refractivity contribution is -0.142. The Bertz CT molecular complexity index is 1170. The fraction of sp³-hybridized carbons (Fsp3) is 0.500. The van der Waals surface area contributed by atoms with Crippen LogP contribution in [0.5, 0.6) is 5.75 Å². The highest BCUT2D eigenvalue weighted by atomic mass is 16.6. The fourth-order valence-corrected chi connectivity index (χ4v) is 4.59. The van der Waals surface area contributed by atoms with Crippen molar-refractivity contribution in [3.05, 3.63) is 66.2 Å². The number of hydrogen-bond donors (Lipinski definition) is 2. The Morgan fingerprint density at radius 1 is 1.02 bits per heavy atom. The van der Waals surface area contributed by atoms with Crippen molar-refractivity contribution in [3.8, 4) is 5.75 Å². The minimum atomic E-state index is -0.951. The lowest BCUT2D eigenvalue weighted by atomic mass is 9.95. The summed E-state index contributed by atoms with van der Waals surface area (Å²) >= 11 is 0. The van der Waals surface area contributed by atoms with E-state index in [9.17, 15) is 14.4 Å². The summed E-state index contributed by atoms with van der Waals surface area (Å²) in [4.78, 5) is 43.0. The van der Waals surface area contributed by atoms with Gasteiger partial charge in [0.1, 0.15) is 23.4 Å². The number of alkyl carbamates (subject to hydrolysis) is 1. The average Bonchev–Trinajstić information content (AvgIpc) is 2.96. The highest BCUT2D eigenvalue weighted by molar-refractivity contribution is 5.99. The molecule has 0 aromatic heterocycles. The molecule has 2 aromatic rings. The van der Waals surface area contributed by atoms with Crippen LogP contribution < -0.4 is 15.4 Å². The van der Waals surface area contributed by atoms with Gasteiger partial charge in [0, 0.05) is 12.2 Å². The minimum absolute atomic E-state index is 0.201. The second kappa shape index (κ2) is 16.6. The summed E-state index contributed by atoms with van der Waals surface area (Å²) in [5.74, 6) is -0.218. The van der Waals surface area contributed by atoms with Gasteiger partial charge >= 0.3 is 6.09 Å². The van der Waals surface area contributed by atoms with E-state index in [1.54, 1.807) is 63.1 Å². The summed E-state index contributed by atoms with van der Waals surface area (Å²) in [6, 6.07) is 12.7. The lowest BCUT2D eigenvalue weighted by Crippen LogP contribution is -2.55. The molecule has 3 unspecified atom stereocenters. The molecule has 3 amide bonds. The number of carbonyl (C=O) groups excluding carboxylic acids is 3. The van der Waals surface area contributed by atoms with Gasteiger partial charge in [0.15, 0.2) is 0 Å². The number of rotatable bonds is 15. The Balaban J connectivity index is 2.58. The van der Waals surface area contributed by atoms with Crippen molar-refractivity contribution < 1.29 is 23.9 Å². The predicted molar refractivity (Wildman–Crippen MR) is 169 cm³/mol. The van der Waals surface area contributed by atoms with Crippen LogP contribution in [0.15, 0.2) is 55.1 Å². The SMILES string of the molecule is C=Cc1cccc(C(C(=O)Nc2ccc(OC)cc2)N(CCCCCC)C(=O)C(NC(=O)OC(C)(C)C)C(C)CC)c1. The zero-order valence-corrected chi connectivity index (χ0v) is 26.4. The number of hydrogen-bond acceptors (Lipinski definition) is 5. The number of amides is 3. The van der Waals surface area contributed by atoms with Crippen molar-refractivity contribution in [1.82, 2.24) is 10.2 Å². The third-order valence-corrected chi connectivity index (χ3v) is 7.07. The van der Waals surface area contributed by atoms with E-state index in [4.69, 9.17) is 9.47 Å². The molecule has 2 aromatic carbocycles. The quantitative estimate of drug-likeness (QED) is 0.215. The van der Waals surface area contributed by atoms with Gasteiger partial charge < -0.3 is 25.0 Å². The summed E-state index contributed by atoms with van der Waals surface area (Å²) in [5.41, 5.74) is 1.34. The van der Waals surface area contributed by atoms with Crippen molar-refractivity contribution >= 4 is 29.7 Å². The first kappa shape index (κ1) is 34.4. The molecule has 0 bridgehead atoms. The Labute approximate surface area is 251 Å². The standard InChI is InChI=1S/C34H49N3O5/c1-9-12-13-14-22-37(32(39)29(24(4)10-2)36-33(40)42-34(5,6)7)30(26-17-15-16-25(11-3)23-26)31(38)35-27-18-20-28(41-8)21-19-27/h11,15-21,23-24,29-30H,3,9-10,12-14,22H2,1-2,4-8H3,(H,35,38)(H,36,40). The van der Waals surface area contributed by atoms with Gasteiger partial charge in [-0.3, -0.25) is 9.59 Å². The van der Waals surface area contributed by atoms with Crippen LogP contribution in [0.3, 0.4) is 0 Å². The zero-order valence-electron chi connectivity index (χ0n) is 26.4. The van der Waals surface area contributed by atoms with Crippen molar-refractivity contribution in [3.63, 3.8) is 0 Å². The Morgan fingerprint density at radius 3 is 2.29 bits per heavy atom. The van der Waals surface area contributed by atoms with Gasteiger partial charge in [-0.2, -0.15) is 0 Å². The van der Waals surface area contributed by atoms with E-state index < -0.39 is 23.8 Å². The third kappa shape index (κ3) is 10.5. The maximum absolute atomic E-state index is 14.5. The van der Waals surface area contributed by atoms with E-state index in [-0.39, 0.29) is 17.7 Å². The topological polar surface area (TPSA) is 97.0 Å². The van der Waals surface area contributed by atoms with Gasteiger partial charge in [-0.05, 0) is 74.6 Å². The molecule has 0 heterocycles. The molecule has 0 saturated carbocycles. The molecule has 3 atom stereocenters. The van der Waals surface area contributed by atoms with Gasteiger partial charge in [-0.1, -0.05) is 77.3 Å². The molecule has 2 rings (SSSR count). The number of nitrogens with one attached hydrogen (secondary N) is 2. The number of ether oxygens (including phenoxy) is 2. The van der Waals surface area contributed by atoms with Gasteiger partial charge in [0.2, 0.25) is 5.91 Å². The monoisotopic (exact) mass is 579 g/mol. The smallest absolute Gasteiger partial charge is 0.408 e. The highest BCUT2D eigenvalue weighted by Crippen LogP contribution is 2.28. The molecule has 0 aliphatic carbocycles. The third-order valence-electron chi connectivity index (χ3n) is 7.07. The molecular weight excluding hydrogens is 530 g/mol. The van der Waals surface area contributed by atoms with Crippen LogP contribution in [0.1, 0.15) is 90.8 Å². The molecular formula is C34H49N3O5. The van der Waals surface area contributed by atoms with Crippen LogP contribution in [0.4, 0.5) is 10.5 Å². The second-order valence-corrected chi connectivity index (χ2v) is 11.6. The summed E-state index contributed by atoms with van der Waals surface area (Å²) in [5, 5.41) is 5.82. The first-order valence-electron chi connectivity index (χ1n) is 14.9. The molecule has 0 radical (unpaired) electrons. The second-order valence-electron chi connectivity index (χ2n) is 11.6. The van der Waals surface area contributed by atoms with Crippen molar-refractivity contribution in [2.75, 3.05) is 19.0 Å². The number of anilines is 1. The predicted octanol–water partition coefficient (Wildman–Crippen LogP) is 7.37. The molecule has 0 spiro atoms. The molecule has 42 heavy (non-hydrogen) atoms. The van der Waals surface area contributed by atoms with Gasteiger partial charge in [-0.15, -0.1) is 0 Å². The van der Waals surface area contributed by atoms with Crippen LogP contribution in [0.25, 0.3) is 6.08 Å². The first-order chi connectivity index (χ1) is 19.9. The summed E-state index contributed by atoms with van der Waals surface area (Å²) in [7, 11) is 1.58. The highest BCUT2D eigenvalue weighted by Gasteiger charge is 2.38. The molecule has 8 heteroatoms. The summed E-state index contributed by atoms with van der Waals surface area (Å²) < 4.78 is 10.8. The maximum atomic E-state index is 14.5. The normalized spacial score (nSPS) is 13.3. The largest absolute Gasteiger partial charge is 0.497 e. The van der Waals surface area contributed by atoms with Crippen LogP contribution in [-0.2, 0) is 14.3 Å². The number of nitrogens with zero attached hydrogens (tertiary/aromatic N) is 1. The van der Waals surface area contributed by atoms with E-state index in [0.717, 1.165) is 24.8 Å². The van der Waals surface area contributed by atoms with E-state index in [2.05, 4.69) is 24.1 Å². The van der Waals surface area contributed by atoms with E-state index >= 15 is 0 Å². The molecule has 0 aliphatic rings. The van der Waals surface area contributed by atoms with Crippen molar-refractivity contribution in [2.45, 2.75) is 91.3 Å². The fourth-order valence-electron chi connectivity index (χ4n) is 4.59. The molecule has 230 valence electrons. The van der Waals surface area contributed by atoms with Crippen LogP contribution in [-0.4, -0.2) is 48.1 Å². The molecule has 0 saturated heterocycles. The number of methoxy groups -OCH3 is 1. The molecule has 0 aliphatic heterocycles. The number of benzene rings is 2. The van der Waals surface area contributed by atoms with Gasteiger partial charge in [0.25, 0.3) is 5.91 Å². The number of carbonyl (C=O) groups is 3. The number of unbranched alkanes of at least 4 members (excludes halogenated alkanes) is 3. The van der Waals surface area contributed by atoms with E-state index in [1.807, 2.05) is 38.1 Å². The van der Waals surface area contributed by atoms with E-state index in [0.29, 0.717) is 36.4 Å². The Morgan fingerprint density at radius 2 is 1.71 bits per heavy atom. The van der Waals surface area contributed by atoms with Gasteiger partial charge in [0.05, 0.1) is 7.11 Å².